The number of anilines is 1. The molecule has 0 unspecified atom stereocenters. The number of nitrogens with two attached hydrogens (primary N) is 1. The van der Waals surface area contributed by atoms with Gasteiger partial charge < -0.3 is 11.1 Å². The van der Waals surface area contributed by atoms with E-state index in [9.17, 15) is 10.1 Å². The number of hydrogen-bond acceptors (Lipinski definition) is 6. The molecule has 2 amide bonds. The first kappa shape index (κ1) is 23.2. The number of nitriles is 1. The lowest BCUT2D eigenvalue weighted by Crippen LogP contribution is -2.46. The summed E-state index contributed by atoms with van der Waals surface area (Å²) in [5.74, 6) is 0.343. The first-order valence-corrected chi connectivity index (χ1v) is 10.9. The van der Waals surface area contributed by atoms with Gasteiger partial charge >= 0.3 is 6.03 Å². The highest BCUT2D eigenvalue weighted by Crippen LogP contribution is 2.36. The molecule has 0 aliphatic carbocycles. The highest BCUT2D eigenvalue weighted by Gasteiger charge is 2.20. The van der Waals surface area contributed by atoms with Crippen LogP contribution in [-0.2, 0) is 0 Å². The number of nitrogens with one attached hydrogen (secondary N) is 2. The number of amides is 2. The Bertz CT molecular complexity index is 1410. The van der Waals surface area contributed by atoms with Crippen molar-refractivity contribution in [3.63, 3.8) is 0 Å². The molecule has 0 aliphatic heterocycles. The Hall–Kier alpha value is -4.00. The number of pyridine rings is 1. The van der Waals surface area contributed by atoms with Crippen LogP contribution in [-0.4, -0.2) is 37.7 Å². The summed E-state index contributed by atoms with van der Waals surface area (Å²) in [6.45, 7) is 5.79. The molecule has 3 aromatic heterocycles. The molecule has 10 heteroatoms. The van der Waals surface area contributed by atoms with E-state index in [2.05, 4.69) is 26.7 Å². The highest BCUT2D eigenvalue weighted by molar-refractivity contribution is 6.29. The Kier molecular flexibility index (Phi) is 6.20. The zero-order valence-electron chi connectivity index (χ0n) is 18.9. The maximum absolute atomic E-state index is 12.3. The summed E-state index contributed by atoms with van der Waals surface area (Å²) >= 11 is 6.26. The summed E-state index contributed by atoms with van der Waals surface area (Å²) in [4.78, 5) is 21.2. The van der Waals surface area contributed by atoms with Gasteiger partial charge in [-0.25, -0.2) is 19.3 Å². The molecule has 0 aliphatic rings. The van der Waals surface area contributed by atoms with Crippen molar-refractivity contribution in [1.82, 2.24) is 24.9 Å². The average molecular weight is 475 g/mol. The molecule has 4 rings (SSSR count). The molecular weight excluding hydrogens is 452 g/mol. The quantitative estimate of drug-likeness (QED) is 0.372. The lowest BCUT2D eigenvalue weighted by molar-refractivity contribution is 0.249. The Morgan fingerprint density at radius 1 is 1.21 bits per heavy atom. The van der Waals surface area contributed by atoms with Crippen LogP contribution in [0.1, 0.15) is 25.1 Å². The van der Waals surface area contributed by atoms with Gasteiger partial charge in [0.25, 0.3) is 0 Å². The fraction of sp³-hybridized carbons (Fsp3) is 0.208. The van der Waals surface area contributed by atoms with Crippen LogP contribution in [0.15, 0.2) is 48.7 Å². The van der Waals surface area contributed by atoms with E-state index < -0.39 is 11.6 Å². The predicted molar refractivity (Wildman–Crippen MR) is 131 cm³/mol. The van der Waals surface area contributed by atoms with Crippen LogP contribution < -0.4 is 16.4 Å². The molecule has 0 atom stereocenters. The fourth-order valence-corrected chi connectivity index (χ4v) is 3.69. The summed E-state index contributed by atoms with van der Waals surface area (Å²) in [5.41, 5.74) is 9.99. The maximum atomic E-state index is 12.3. The molecular formula is C24H23ClN8O. The lowest BCUT2D eigenvalue weighted by Gasteiger charge is -2.18. The van der Waals surface area contributed by atoms with Crippen molar-refractivity contribution in [3.05, 3.63) is 65.1 Å². The minimum atomic E-state index is -0.543. The van der Waals surface area contributed by atoms with Crippen molar-refractivity contribution >= 4 is 29.1 Å². The monoisotopic (exact) mass is 474 g/mol. The zero-order valence-corrected chi connectivity index (χ0v) is 19.7. The second-order valence-corrected chi connectivity index (χ2v) is 9.00. The number of aromatic nitrogens is 4. The van der Waals surface area contributed by atoms with Crippen molar-refractivity contribution in [1.29, 1.82) is 5.26 Å². The molecule has 0 bridgehead atoms. The molecule has 4 aromatic rings. The molecule has 1 aromatic carbocycles. The van der Waals surface area contributed by atoms with Crippen molar-refractivity contribution in [2.75, 3.05) is 11.9 Å². The van der Waals surface area contributed by atoms with E-state index in [-0.39, 0.29) is 0 Å². The SMILES string of the molecule is Cc1cc(-c2c(-c3cccc(C#N)c3)nn3ccc(NC(=O)NCC(C)(C)N)nc23)cc(Cl)n1. The Labute approximate surface area is 201 Å². The fourth-order valence-electron chi connectivity index (χ4n) is 3.44. The van der Waals surface area contributed by atoms with Crippen LogP contribution in [0.2, 0.25) is 5.15 Å². The van der Waals surface area contributed by atoms with Gasteiger partial charge in [-0.3, -0.25) is 5.32 Å². The van der Waals surface area contributed by atoms with Crippen LogP contribution in [0.3, 0.4) is 0 Å². The van der Waals surface area contributed by atoms with E-state index in [4.69, 9.17) is 22.4 Å². The normalized spacial score (nSPS) is 11.3. The Balaban J connectivity index is 1.84. The number of hydrogen-bond donors (Lipinski definition) is 3. The van der Waals surface area contributed by atoms with Gasteiger partial charge in [-0.05, 0) is 56.7 Å². The van der Waals surface area contributed by atoms with Crippen molar-refractivity contribution in [2.45, 2.75) is 26.3 Å². The van der Waals surface area contributed by atoms with Gasteiger partial charge in [-0.2, -0.15) is 10.4 Å². The smallest absolute Gasteiger partial charge is 0.320 e. The van der Waals surface area contributed by atoms with Gasteiger partial charge in [0.15, 0.2) is 5.65 Å². The van der Waals surface area contributed by atoms with Gasteiger partial charge in [0.05, 0.1) is 17.2 Å². The van der Waals surface area contributed by atoms with E-state index in [1.807, 2.05) is 32.9 Å². The molecule has 3 heterocycles. The molecule has 4 N–H and O–H groups in total. The number of carbonyl (C=O) groups is 1. The van der Waals surface area contributed by atoms with E-state index in [1.54, 1.807) is 41.0 Å². The summed E-state index contributed by atoms with van der Waals surface area (Å²) in [5, 5.41) is 19.9. The molecule has 0 radical (unpaired) electrons. The van der Waals surface area contributed by atoms with Gasteiger partial charge in [-0.15, -0.1) is 0 Å². The number of carbonyl (C=O) groups excluding carboxylic acids is 1. The van der Waals surface area contributed by atoms with Gasteiger partial charge in [0.2, 0.25) is 0 Å². The molecule has 172 valence electrons. The highest BCUT2D eigenvalue weighted by atomic mass is 35.5. The van der Waals surface area contributed by atoms with Crippen molar-refractivity contribution in [2.24, 2.45) is 5.73 Å². The van der Waals surface area contributed by atoms with Gasteiger partial charge in [0.1, 0.15) is 16.7 Å². The third-order valence-corrected chi connectivity index (χ3v) is 5.10. The average Bonchev–Trinajstić information content (AvgIpc) is 3.15. The minimum absolute atomic E-state index is 0.299. The third-order valence-electron chi connectivity index (χ3n) is 4.91. The Morgan fingerprint density at radius 3 is 2.71 bits per heavy atom. The van der Waals surface area contributed by atoms with Crippen LogP contribution >= 0.6 is 11.6 Å². The van der Waals surface area contributed by atoms with Crippen molar-refractivity contribution in [3.8, 4) is 28.5 Å². The number of halogens is 1. The number of benzene rings is 1. The van der Waals surface area contributed by atoms with E-state index in [0.29, 0.717) is 40.0 Å². The summed E-state index contributed by atoms with van der Waals surface area (Å²) in [6.07, 6.45) is 1.71. The Morgan fingerprint density at radius 2 is 2.00 bits per heavy atom. The van der Waals surface area contributed by atoms with Crippen LogP contribution in [0.4, 0.5) is 10.6 Å². The van der Waals surface area contributed by atoms with E-state index in [0.717, 1.165) is 16.8 Å². The second kappa shape index (κ2) is 9.09. The van der Waals surface area contributed by atoms with Crippen LogP contribution in [0.5, 0.6) is 0 Å². The number of rotatable bonds is 5. The van der Waals surface area contributed by atoms with Gasteiger partial charge in [0, 0.05) is 29.5 Å². The predicted octanol–water partition coefficient (Wildman–Crippen LogP) is 4.15. The largest absolute Gasteiger partial charge is 0.336 e. The van der Waals surface area contributed by atoms with E-state index in [1.165, 1.54) is 0 Å². The summed E-state index contributed by atoms with van der Waals surface area (Å²) in [6, 6.07) is 14.2. The minimum Gasteiger partial charge on any atom is -0.336 e. The topological polar surface area (TPSA) is 134 Å². The molecule has 0 saturated heterocycles. The van der Waals surface area contributed by atoms with Gasteiger partial charge in [-0.1, -0.05) is 23.7 Å². The number of aryl methyl sites for hydroxylation is 1. The molecule has 0 fully saturated rings. The molecule has 9 nitrogen and oxygen atoms in total. The number of nitrogens with zero attached hydrogens (tertiary/aromatic N) is 5. The van der Waals surface area contributed by atoms with E-state index >= 15 is 0 Å². The molecule has 0 spiro atoms. The molecule has 0 saturated carbocycles. The molecule has 34 heavy (non-hydrogen) atoms. The van der Waals surface area contributed by atoms with Crippen LogP contribution in [0.25, 0.3) is 28.0 Å². The number of fused-ring (bicyclic) bond motifs is 1. The summed E-state index contributed by atoms with van der Waals surface area (Å²) < 4.78 is 1.62. The first-order valence-electron chi connectivity index (χ1n) is 10.5. The number of urea groups is 1. The third kappa shape index (κ3) is 5.14. The van der Waals surface area contributed by atoms with Crippen LogP contribution in [0, 0.1) is 18.3 Å². The maximum Gasteiger partial charge on any atom is 0.320 e. The zero-order chi connectivity index (χ0) is 24.5. The lowest BCUT2D eigenvalue weighted by atomic mass is 10.00. The van der Waals surface area contributed by atoms with Crippen molar-refractivity contribution < 1.29 is 4.79 Å². The summed E-state index contributed by atoms with van der Waals surface area (Å²) in [7, 11) is 0. The standard InChI is InChI=1S/C24H23ClN8O/c1-14-9-17(11-18(25)29-14)20-21(16-6-4-5-15(10-16)12-26)32-33-8-7-19(30-22(20)33)31-23(34)28-13-24(2,3)27/h4-11H,13,27H2,1-3H3,(H2,28,30,31,34). The second-order valence-electron chi connectivity index (χ2n) is 8.61. The first-order chi connectivity index (χ1) is 16.1.